The number of nitrogens with zero attached hydrogens (tertiary/aromatic N) is 2. The third-order valence-corrected chi connectivity index (χ3v) is 6.05. The first-order chi connectivity index (χ1) is 14.9. The molecule has 2 heterocycles. The van der Waals surface area contributed by atoms with Gasteiger partial charge in [-0.2, -0.15) is 0 Å². The van der Waals surface area contributed by atoms with Gasteiger partial charge in [0.15, 0.2) is 0 Å². The van der Waals surface area contributed by atoms with Crippen molar-refractivity contribution in [3.63, 3.8) is 0 Å². The van der Waals surface area contributed by atoms with Crippen molar-refractivity contribution in [3.05, 3.63) is 54.1 Å². The number of ether oxygens (including phenoxy) is 2. The van der Waals surface area contributed by atoms with Gasteiger partial charge in [-0.1, -0.05) is 24.3 Å². The van der Waals surface area contributed by atoms with E-state index in [0.717, 1.165) is 13.1 Å². The van der Waals surface area contributed by atoms with E-state index in [9.17, 15) is 18.0 Å². The van der Waals surface area contributed by atoms with Gasteiger partial charge in [-0.25, -0.2) is 0 Å². The number of carbonyl (C=O) groups is 1. The van der Waals surface area contributed by atoms with E-state index < -0.39 is 6.36 Å². The van der Waals surface area contributed by atoms with Gasteiger partial charge in [0.1, 0.15) is 17.6 Å². The van der Waals surface area contributed by atoms with Crippen LogP contribution < -0.4 is 14.4 Å². The highest BCUT2D eigenvalue weighted by molar-refractivity contribution is 5.99. The van der Waals surface area contributed by atoms with Crippen molar-refractivity contribution < 1.29 is 27.4 Å². The number of rotatable bonds is 5. The van der Waals surface area contributed by atoms with Gasteiger partial charge in [-0.05, 0) is 48.6 Å². The summed E-state index contributed by atoms with van der Waals surface area (Å²) >= 11 is 0. The summed E-state index contributed by atoms with van der Waals surface area (Å²) in [5, 5.41) is 0. The maximum Gasteiger partial charge on any atom is 0.573 e. The van der Waals surface area contributed by atoms with Crippen LogP contribution in [0.1, 0.15) is 24.8 Å². The fourth-order valence-corrected chi connectivity index (χ4v) is 4.44. The lowest BCUT2D eigenvalue weighted by molar-refractivity contribution is -0.274. The number of likely N-dealkylation sites (tertiary alicyclic amines) is 1. The third kappa shape index (κ3) is 4.49. The smallest absolute Gasteiger partial charge is 0.487 e. The van der Waals surface area contributed by atoms with Crippen LogP contribution in [0.4, 0.5) is 18.9 Å². The van der Waals surface area contributed by atoms with Gasteiger partial charge in [-0.15, -0.1) is 13.2 Å². The highest BCUT2D eigenvalue weighted by Crippen LogP contribution is 2.39. The van der Waals surface area contributed by atoms with Crippen LogP contribution in [-0.4, -0.2) is 42.4 Å². The quantitative estimate of drug-likeness (QED) is 0.704. The van der Waals surface area contributed by atoms with Crippen molar-refractivity contribution in [1.29, 1.82) is 0 Å². The van der Waals surface area contributed by atoms with Gasteiger partial charge in [-0.3, -0.25) is 9.69 Å². The van der Waals surface area contributed by atoms with Crippen LogP contribution in [0.25, 0.3) is 0 Å². The molecule has 0 aromatic heterocycles. The molecule has 0 radical (unpaired) electrons. The van der Waals surface area contributed by atoms with E-state index in [1.807, 2.05) is 24.3 Å². The van der Waals surface area contributed by atoms with Gasteiger partial charge in [0, 0.05) is 19.5 Å². The van der Waals surface area contributed by atoms with Gasteiger partial charge in [0.25, 0.3) is 0 Å². The fraction of sp³-hybridized carbons (Fsp3) is 0.435. The zero-order valence-electron chi connectivity index (χ0n) is 16.8. The van der Waals surface area contributed by atoms with E-state index in [4.69, 9.17) is 4.74 Å². The molecule has 31 heavy (non-hydrogen) atoms. The Hall–Kier alpha value is -2.74. The van der Waals surface area contributed by atoms with Gasteiger partial charge < -0.3 is 14.4 Å². The van der Waals surface area contributed by atoms with Crippen LogP contribution in [0.2, 0.25) is 0 Å². The van der Waals surface area contributed by atoms with Crippen molar-refractivity contribution in [2.45, 2.75) is 44.3 Å². The molecule has 5 rings (SSSR count). The van der Waals surface area contributed by atoms with Crippen LogP contribution in [0, 0.1) is 5.92 Å². The summed E-state index contributed by atoms with van der Waals surface area (Å²) in [4.78, 5) is 17.6. The Bertz CT molecular complexity index is 959. The van der Waals surface area contributed by atoms with E-state index >= 15 is 0 Å². The zero-order valence-corrected chi connectivity index (χ0v) is 16.8. The Balaban J connectivity index is 1.42. The molecule has 2 aromatic carbocycles. The Morgan fingerprint density at radius 2 is 1.81 bits per heavy atom. The minimum Gasteiger partial charge on any atom is -0.487 e. The Kier molecular flexibility index (Phi) is 5.04. The number of anilines is 1. The lowest BCUT2D eigenvalue weighted by Gasteiger charge is -2.32. The standard InChI is InChI=1S/C23H23F3N2O3/c24-23(25,26)31-17-9-7-16(8-10-17)13-28-19-3-1-2-4-21(19)30-18-11-20(22(28)29)27(14-18)12-15-5-6-15/h1-4,7-10,15,18,20H,5-6,11-14H2. The van der Waals surface area contributed by atoms with Crippen molar-refractivity contribution in [1.82, 2.24) is 4.90 Å². The Morgan fingerprint density at radius 3 is 2.52 bits per heavy atom. The summed E-state index contributed by atoms with van der Waals surface area (Å²) in [5.74, 6) is 1.04. The van der Waals surface area contributed by atoms with Gasteiger partial charge in [0.2, 0.25) is 5.91 Å². The number of halogens is 3. The highest BCUT2D eigenvalue weighted by atomic mass is 19.4. The number of carbonyl (C=O) groups excluding carboxylic acids is 1. The lowest BCUT2D eigenvalue weighted by Crippen LogP contribution is -2.46. The van der Waals surface area contributed by atoms with Gasteiger partial charge in [0.05, 0.1) is 18.3 Å². The fourth-order valence-electron chi connectivity index (χ4n) is 4.44. The molecule has 2 aliphatic heterocycles. The molecule has 5 nitrogen and oxygen atoms in total. The molecular weight excluding hydrogens is 409 g/mol. The largest absolute Gasteiger partial charge is 0.573 e. The number of fused-ring (bicyclic) bond motifs is 3. The van der Waals surface area contributed by atoms with Crippen molar-refractivity contribution >= 4 is 11.6 Å². The maximum atomic E-state index is 13.6. The number of benzene rings is 2. The first kappa shape index (κ1) is 20.2. The molecule has 3 aliphatic rings. The number of amides is 1. The van der Waals surface area contributed by atoms with E-state index in [1.54, 1.807) is 17.0 Å². The summed E-state index contributed by atoms with van der Waals surface area (Å²) in [7, 11) is 0. The molecule has 8 heteroatoms. The van der Waals surface area contributed by atoms with Crippen LogP contribution in [0.15, 0.2) is 48.5 Å². The van der Waals surface area contributed by atoms with Crippen molar-refractivity contribution in [2.75, 3.05) is 18.0 Å². The Morgan fingerprint density at radius 1 is 1.06 bits per heavy atom. The van der Waals surface area contributed by atoms with Crippen molar-refractivity contribution in [3.8, 4) is 11.5 Å². The summed E-state index contributed by atoms with van der Waals surface area (Å²) in [6.45, 7) is 1.88. The van der Waals surface area contributed by atoms with Gasteiger partial charge >= 0.3 is 6.36 Å². The molecule has 2 atom stereocenters. The zero-order chi connectivity index (χ0) is 21.6. The first-order valence-electron chi connectivity index (χ1n) is 10.5. The minimum absolute atomic E-state index is 0.00881. The first-order valence-corrected chi connectivity index (χ1v) is 10.5. The average molecular weight is 432 g/mol. The van der Waals surface area contributed by atoms with E-state index in [0.29, 0.717) is 29.3 Å². The second-order valence-electron chi connectivity index (χ2n) is 8.47. The Labute approximate surface area is 178 Å². The van der Waals surface area contributed by atoms with Crippen LogP contribution in [-0.2, 0) is 11.3 Å². The van der Waals surface area contributed by atoms with Crippen molar-refractivity contribution in [2.24, 2.45) is 5.92 Å². The predicted molar refractivity (Wildman–Crippen MR) is 108 cm³/mol. The summed E-state index contributed by atoms with van der Waals surface area (Å²) in [6.07, 6.45) is -1.69. The summed E-state index contributed by atoms with van der Waals surface area (Å²) in [5.41, 5.74) is 1.40. The topological polar surface area (TPSA) is 42.0 Å². The van der Waals surface area contributed by atoms with Crippen LogP contribution in [0.3, 0.4) is 0 Å². The molecule has 2 unspecified atom stereocenters. The molecule has 0 spiro atoms. The molecule has 0 N–H and O–H groups in total. The van der Waals surface area contributed by atoms with E-state index in [1.165, 1.54) is 25.0 Å². The maximum absolute atomic E-state index is 13.6. The molecule has 2 bridgehead atoms. The monoisotopic (exact) mass is 432 g/mol. The lowest BCUT2D eigenvalue weighted by atomic mass is 10.1. The predicted octanol–water partition coefficient (Wildman–Crippen LogP) is 4.36. The molecule has 164 valence electrons. The number of hydrogen-bond donors (Lipinski definition) is 0. The highest BCUT2D eigenvalue weighted by Gasteiger charge is 2.44. The number of alkyl halides is 3. The second-order valence-corrected chi connectivity index (χ2v) is 8.47. The third-order valence-electron chi connectivity index (χ3n) is 6.05. The molecule has 2 fully saturated rings. The normalized spacial score (nSPS) is 23.7. The van der Waals surface area contributed by atoms with E-state index in [-0.39, 0.29) is 30.3 Å². The summed E-state index contributed by atoms with van der Waals surface area (Å²) < 4.78 is 47.5. The SMILES string of the molecule is O=C1C2CC(CN2CC2CC2)Oc2ccccc2N1Cc1ccc(OC(F)(F)F)cc1. The van der Waals surface area contributed by atoms with Crippen LogP contribution >= 0.6 is 0 Å². The minimum atomic E-state index is -4.74. The average Bonchev–Trinajstić information content (AvgIpc) is 3.44. The number of hydrogen-bond acceptors (Lipinski definition) is 4. The molecule has 2 aromatic rings. The molecule has 1 aliphatic carbocycles. The molecule has 1 amide bonds. The molecular formula is C23H23F3N2O3. The van der Waals surface area contributed by atoms with Crippen LogP contribution in [0.5, 0.6) is 11.5 Å². The molecule has 1 saturated carbocycles. The molecule has 1 saturated heterocycles. The van der Waals surface area contributed by atoms with E-state index in [2.05, 4.69) is 9.64 Å². The summed E-state index contributed by atoms with van der Waals surface area (Å²) in [6, 6.07) is 12.8. The second kappa shape index (κ2) is 7.75. The number of para-hydroxylation sites is 2.